The molecule has 3 aromatic rings. The van der Waals surface area contributed by atoms with Crippen molar-refractivity contribution in [2.45, 2.75) is 35.9 Å². The fourth-order valence-corrected chi connectivity index (χ4v) is 5.80. The van der Waals surface area contributed by atoms with Crippen molar-refractivity contribution in [3.05, 3.63) is 28.4 Å². The number of hydrogen-bond acceptors (Lipinski definition) is 8. The van der Waals surface area contributed by atoms with Crippen LogP contribution in [0.2, 0.25) is 0 Å². The second kappa shape index (κ2) is 10.2. The number of H-pyrrole nitrogens is 1. The molecule has 1 amide bonds. The first-order chi connectivity index (χ1) is 16.9. The van der Waals surface area contributed by atoms with E-state index in [1.54, 1.807) is 6.33 Å². The van der Waals surface area contributed by atoms with Crippen LogP contribution in [0, 0.1) is 11.3 Å². The third-order valence-electron chi connectivity index (χ3n) is 6.33. The molecule has 12 heteroatoms. The highest BCUT2D eigenvalue weighted by Crippen LogP contribution is 2.42. The van der Waals surface area contributed by atoms with Crippen LogP contribution in [0.4, 0.5) is 0 Å². The molecule has 4 heterocycles. The summed E-state index contributed by atoms with van der Waals surface area (Å²) in [5.74, 6) is 2.18. The topological polar surface area (TPSA) is 112 Å². The summed E-state index contributed by atoms with van der Waals surface area (Å²) in [6.45, 7) is 3.08. The summed E-state index contributed by atoms with van der Waals surface area (Å²) in [6.07, 6.45) is 4.70. The highest BCUT2D eigenvalue weighted by Gasteiger charge is 2.23. The van der Waals surface area contributed by atoms with Crippen molar-refractivity contribution in [2.24, 2.45) is 5.92 Å². The Morgan fingerprint density at radius 2 is 2.03 bits per heavy atom. The van der Waals surface area contributed by atoms with Crippen LogP contribution in [0.1, 0.15) is 19.3 Å². The highest BCUT2D eigenvalue weighted by molar-refractivity contribution is 9.10. The van der Waals surface area contributed by atoms with Gasteiger partial charge in [-0.05, 0) is 67.3 Å². The summed E-state index contributed by atoms with van der Waals surface area (Å²) >= 11 is 5.06. The molecule has 0 unspecified atom stereocenters. The van der Waals surface area contributed by atoms with Gasteiger partial charge in [0.2, 0.25) is 12.7 Å². The summed E-state index contributed by atoms with van der Waals surface area (Å²) in [4.78, 5) is 29.5. The normalized spacial score (nSPS) is 15.9. The molecule has 0 spiro atoms. The number of ether oxygens (including phenoxy) is 2. The Kier molecular flexibility index (Phi) is 7.03. The number of benzene rings is 1. The van der Waals surface area contributed by atoms with E-state index in [1.807, 2.05) is 40.6 Å². The van der Waals surface area contributed by atoms with Crippen LogP contribution in [0.3, 0.4) is 0 Å². The van der Waals surface area contributed by atoms with Crippen LogP contribution < -0.4 is 15.0 Å². The van der Waals surface area contributed by atoms with Gasteiger partial charge >= 0.3 is 0 Å². The van der Waals surface area contributed by atoms with E-state index >= 15 is 0 Å². The van der Waals surface area contributed by atoms with Crippen molar-refractivity contribution >= 4 is 44.8 Å². The summed E-state index contributed by atoms with van der Waals surface area (Å²) in [5.41, 5.74) is 1.52. The van der Waals surface area contributed by atoms with E-state index in [0.717, 1.165) is 53.9 Å². The minimum absolute atomic E-state index is 0.174. The van der Waals surface area contributed by atoms with E-state index in [2.05, 4.69) is 25.9 Å². The Hall–Kier alpha value is -2.57. The molecule has 2 aliphatic heterocycles. The molecule has 2 aromatic heterocycles. The Labute approximate surface area is 215 Å². The molecule has 0 radical (unpaired) electrons. The van der Waals surface area contributed by atoms with Crippen molar-refractivity contribution in [2.75, 3.05) is 40.5 Å². The lowest BCUT2D eigenvalue weighted by Crippen LogP contribution is -2.42. The van der Waals surface area contributed by atoms with Gasteiger partial charge in [-0.15, -0.1) is 0 Å². The van der Waals surface area contributed by atoms with Gasteiger partial charge in [0, 0.05) is 29.0 Å². The predicted octanol–water partition coefficient (Wildman–Crippen LogP) is 3.07. The molecule has 1 aromatic carbocycles. The summed E-state index contributed by atoms with van der Waals surface area (Å²) in [5, 5.41) is 8.93. The number of likely N-dealkylation sites (N-methyl/N-ethyl adjacent to an activating group) is 1. The smallest absolute Gasteiger partial charge is 0.236 e. The van der Waals surface area contributed by atoms with Crippen LogP contribution in [0.25, 0.3) is 11.2 Å². The number of carbonyl (C=O) groups excluding carboxylic acids is 1. The Bertz CT molecular complexity index is 1300. The van der Waals surface area contributed by atoms with Crippen molar-refractivity contribution < 1.29 is 14.3 Å². The van der Waals surface area contributed by atoms with Gasteiger partial charge in [0.15, 0.2) is 27.8 Å². The molecule has 0 aliphatic carbocycles. The molecule has 2 N–H and O–H groups in total. The monoisotopic (exact) mass is 561 g/mol. The number of nitrogens with zero attached hydrogens (tertiary/aromatic N) is 5. The van der Waals surface area contributed by atoms with Gasteiger partial charge in [-0.25, -0.2) is 9.97 Å². The average Bonchev–Trinajstić information content (AvgIpc) is 3.46. The van der Waals surface area contributed by atoms with E-state index in [-0.39, 0.29) is 18.2 Å². The number of carbonyl (C=O) groups is 1. The van der Waals surface area contributed by atoms with Gasteiger partial charge in [0.1, 0.15) is 5.52 Å². The number of hydrogen-bond donors (Lipinski definition) is 2. The largest absolute Gasteiger partial charge is 0.454 e. The Morgan fingerprint density at radius 1 is 1.29 bits per heavy atom. The number of likely N-dealkylation sites (tertiary alicyclic amines) is 1. The second-order valence-corrected chi connectivity index (χ2v) is 11.0. The number of aromatic amines is 1. The maximum Gasteiger partial charge on any atom is 0.236 e. The van der Waals surface area contributed by atoms with Gasteiger partial charge in [-0.1, -0.05) is 11.8 Å². The molecule has 1 saturated heterocycles. The number of nitrogens with one attached hydrogen (secondary N) is 2. The summed E-state index contributed by atoms with van der Waals surface area (Å²) in [7, 11) is 3.84. The molecular formula is C23H28BrN7O3S. The summed E-state index contributed by atoms with van der Waals surface area (Å²) in [6, 6.07) is 3.82. The van der Waals surface area contributed by atoms with E-state index in [4.69, 9.17) is 19.9 Å². The minimum atomic E-state index is 0.174. The van der Waals surface area contributed by atoms with Gasteiger partial charge < -0.3 is 28.8 Å². The molecule has 186 valence electrons. The molecule has 5 rings (SSSR count). The number of imidazole rings is 1. The van der Waals surface area contributed by atoms with Crippen LogP contribution in [-0.2, 0) is 11.3 Å². The van der Waals surface area contributed by atoms with Crippen LogP contribution >= 0.6 is 27.7 Å². The number of aromatic nitrogens is 4. The molecular weight excluding hydrogens is 534 g/mol. The highest BCUT2D eigenvalue weighted by atomic mass is 79.9. The van der Waals surface area contributed by atoms with Crippen molar-refractivity contribution in [3.63, 3.8) is 0 Å². The molecule has 0 atom stereocenters. The van der Waals surface area contributed by atoms with Crippen molar-refractivity contribution in [3.8, 4) is 11.5 Å². The van der Waals surface area contributed by atoms with Gasteiger partial charge in [-0.3, -0.25) is 10.2 Å². The number of halogens is 1. The maximum absolute atomic E-state index is 12.3. The second-order valence-electron chi connectivity index (χ2n) is 9.12. The number of piperidine rings is 1. The number of rotatable bonds is 7. The minimum Gasteiger partial charge on any atom is -0.454 e. The number of fused-ring (bicyclic) bond motifs is 2. The third-order valence-corrected chi connectivity index (χ3v) is 8.19. The number of aryl methyl sites for hydroxylation is 1. The lowest BCUT2D eigenvalue weighted by atomic mass is 9.93. The van der Waals surface area contributed by atoms with Crippen molar-refractivity contribution in [1.29, 1.82) is 5.41 Å². The first kappa shape index (κ1) is 24.1. The fourth-order valence-electron chi connectivity index (χ4n) is 4.42. The Morgan fingerprint density at radius 3 is 2.77 bits per heavy atom. The van der Waals surface area contributed by atoms with Crippen LogP contribution in [-0.4, -0.2) is 75.7 Å². The first-order valence-electron chi connectivity index (χ1n) is 11.6. The zero-order valence-corrected chi connectivity index (χ0v) is 22.1. The SMILES string of the molecule is CN(C)CC(=O)N1CCC(CCn2cnc(=N)c3[nH]c(Sc4cc5c(cc4Br)OCO5)nc32)CC1. The molecule has 0 saturated carbocycles. The van der Waals surface area contributed by atoms with E-state index in [0.29, 0.717) is 34.6 Å². The van der Waals surface area contributed by atoms with Crippen molar-refractivity contribution in [1.82, 2.24) is 29.3 Å². The standard InChI is InChI=1S/C23H28BrN7O3S/c1-29(2)11-19(32)30-6-3-14(4-7-30)5-8-31-12-26-21(25)20-22(31)28-23(27-20)35-18-10-17-16(9-15(18)24)33-13-34-17/h9-10,12,14,25H,3-8,11,13H2,1-2H3,(H,27,28). The van der Waals surface area contributed by atoms with E-state index in [1.165, 1.54) is 11.8 Å². The van der Waals surface area contributed by atoms with Gasteiger partial charge in [0.05, 0.1) is 12.9 Å². The quantitative estimate of drug-likeness (QED) is 0.455. The van der Waals surface area contributed by atoms with Crippen LogP contribution in [0.5, 0.6) is 11.5 Å². The molecule has 0 bridgehead atoms. The van der Waals surface area contributed by atoms with Gasteiger partial charge in [0.25, 0.3) is 0 Å². The number of amides is 1. The third kappa shape index (κ3) is 5.34. The first-order valence-corrected chi connectivity index (χ1v) is 13.2. The van der Waals surface area contributed by atoms with Crippen LogP contribution in [0.15, 0.2) is 33.0 Å². The fraction of sp³-hybridized carbons (Fsp3) is 0.478. The zero-order chi connectivity index (χ0) is 24.5. The van der Waals surface area contributed by atoms with E-state index < -0.39 is 0 Å². The lowest BCUT2D eigenvalue weighted by molar-refractivity contribution is -0.133. The van der Waals surface area contributed by atoms with E-state index in [9.17, 15) is 4.79 Å². The Balaban J connectivity index is 1.26. The maximum atomic E-state index is 12.3. The lowest BCUT2D eigenvalue weighted by Gasteiger charge is -2.32. The predicted molar refractivity (Wildman–Crippen MR) is 135 cm³/mol. The zero-order valence-electron chi connectivity index (χ0n) is 19.7. The molecule has 2 aliphatic rings. The van der Waals surface area contributed by atoms with Gasteiger partial charge in [-0.2, -0.15) is 0 Å². The molecule has 35 heavy (non-hydrogen) atoms. The molecule has 1 fully saturated rings. The summed E-state index contributed by atoms with van der Waals surface area (Å²) < 4.78 is 13.8. The molecule has 10 nitrogen and oxygen atoms in total. The average molecular weight is 562 g/mol.